The summed E-state index contributed by atoms with van der Waals surface area (Å²) in [5.74, 6) is 1.80. The Bertz CT molecular complexity index is 578. The number of Topliss-reactive ketones (excluding diaryl/α,β-unsaturated/α-hetero) is 1. The molecule has 4 nitrogen and oxygen atoms in total. The first-order valence-electron chi connectivity index (χ1n) is 8.91. The van der Waals surface area contributed by atoms with Gasteiger partial charge in [-0.05, 0) is 42.1 Å². The molecule has 5 aliphatic rings. The van der Waals surface area contributed by atoms with Gasteiger partial charge in [0.25, 0.3) is 0 Å². The Morgan fingerprint density at radius 2 is 2.04 bits per heavy atom. The summed E-state index contributed by atoms with van der Waals surface area (Å²) in [5, 5.41) is 0. The third-order valence-corrected chi connectivity index (χ3v) is 7.17. The molecule has 0 unspecified atom stereocenters. The number of hydrogen-bond acceptors (Lipinski definition) is 4. The van der Waals surface area contributed by atoms with Crippen molar-refractivity contribution in [2.24, 2.45) is 23.2 Å². The highest BCUT2D eigenvalue weighted by Gasteiger charge is 2.58. The zero-order valence-corrected chi connectivity index (χ0v) is 14.2. The van der Waals surface area contributed by atoms with E-state index in [9.17, 15) is 9.59 Å². The van der Waals surface area contributed by atoms with E-state index in [-0.39, 0.29) is 24.0 Å². The number of carbonyl (C=O) groups excluding carboxylic acids is 2. The lowest BCUT2D eigenvalue weighted by molar-refractivity contribution is -0.216. The first-order chi connectivity index (χ1) is 10.8. The molecule has 1 heterocycles. The van der Waals surface area contributed by atoms with E-state index in [1.54, 1.807) is 0 Å². The van der Waals surface area contributed by atoms with Gasteiger partial charge in [-0.1, -0.05) is 20.8 Å². The average Bonchev–Trinajstić information content (AvgIpc) is 2.87. The Balaban J connectivity index is 1.52. The molecule has 0 aromatic heterocycles. The van der Waals surface area contributed by atoms with E-state index in [1.807, 2.05) is 6.08 Å². The van der Waals surface area contributed by atoms with E-state index in [1.165, 1.54) is 12.5 Å². The lowest BCUT2D eigenvalue weighted by atomic mass is 9.45. The number of fused-ring (bicyclic) bond motifs is 2. The van der Waals surface area contributed by atoms with Gasteiger partial charge in [-0.3, -0.25) is 4.79 Å². The molecule has 4 fully saturated rings. The van der Waals surface area contributed by atoms with Crippen LogP contribution < -0.4 is 0 Å². The average molecular weight is 318 g/mol. The topological polar surface area (TPSA) is 52.6 Å². The van der Waals surface area contributed by atoms with E-state index >= 15 is 0 Å². The van der Waals surface area contributed by atoms with Crippen molar-refractivity contribution in [3.63, 3.8) is 0 Å². The molecule has 1 aliphatic heterocycles. The molecule has 0 radical (unpaired) electrons. The lowest BCUT2D eigenvalue weighted by Crippen LogP contribution is -2.59. The van der Waals surface area contributed by atoms with E-state index in [0.717, 1.165) is 6.42 Å². The van der Waals surface area contributed by atoms with Gasteiger partial charge in [-0.2, -0.15) is 0 Å². The maximum absolute atomic E-state index is 11.9. The summed E-state index contributed by atoms with van der Waals surface area (Å²) in [7, 11) is 0. The van der Waals surface area contributed by atoms with E-state index in [0.29, 0.717) is 42.4 Å². The predicted molar refractivity (Wildman–Crippen MR) is 84.6 cm³/mol. The molecule has 0 N–H and O–H groups in total. The second kappa shape index (κ2) is 4.92. The molecule has 4 heteroatoms. The normalized spacial score (nSPS) is 47.5. The second-order valence-electron chi connectivity index (χ2n) is 8.57. The van der Waals surface area contributed by atoms with Crippen molar-refractivity contribution in [3.05, 3.63) is 12.2 Å². The number of rotatable bonds is 2. The summed E-state index contributed by atoms with van der Waals surface area (Å²) in [5.41, 5.74) is -0.291. The van der Waals surface area contributed by atoms with Crippen molar-refractivity contribution in [3.8, 4) is 0 Å². The van der Waals surface area contributed by atoms with Gasteiger partial charge in [-0.15, -0.1) is 0 Å². The molecule has 0 amide bonds. The van der Waals surface area contributed by atoms with Gasteiger partial charge >= 0.3 is 5.97 Å². The van der Waals surface area contributed by atoms with E-state index in [4.69, 9.17) is 9.47 Å². The third kappa shape index (κ3) is 2.21. The highest BCUT2D eigenvalue weighted by atomic mass is 16.6. The second-order valence-corrected chi connectivity index (χ2v) is 8.57. The molecule has 0 aromatic carbocycles. The zero-order chi connectivity index (χ0) is 16.4. The van der Waals surface area contributed by atoms with Crippen molar-refractivity contribution in [1.82, 2.24) is 0 Å². The van der Waals surface area contributed by atoms with Gasteiger partial charge in [-0.25, -0.2) is 4.79 Å². The van der Waals surface area contributed by atoms with Crippen LogP contribution in [0.3, 0.4) is 0 Å². The van der Waals surface area contributed by atoms with Crippen LogP contribution in [-0.4, -0.2) is 29.6 Å². The van der Waals surface area contributed by atoms with Crippen LogP contribution in [0.2, 0.25) is 0 Å². The van der Waals surface area contributed by atoms with Crippen LogP contribution in [0.1, 0.15) is 52.9 Å². The summed E-state index contributed by atoms with van der Waals surface area (Å²) in [6.45, 7) is 7.01. The standard InChI is InChI=1S/C19H26O4/c1-11-14-8-12(18(14,2)3)9-15(11)22-16-10-13(20)4-6-19(16)7-5-17(21)23-19/h5,7,11-12,14-16H,4,6,8-10H2,1-3H3/t11-,12-,14+,15-,16+,19-/m0/s1. The van der Waals surface area contributed by atoms with Gasteiger partial charge in [0.2, 0.25) is 0 Å². The first-order valence-corrected chi connectivity index (χ1v) is 8.91. The minimum atomic E-state index is -0.706. The molecule has 0 aromatic rings. The Morgan fingerprint density at radius 1 is 1.26 bits per heavy atom. The number of carbonyl (C=O) groups is 2. The van der Waals surface area contributed by atoms with Crippen molar-refractivity contribution >= 4 is 11.8 Å². The van der Waals surface area contributed by atoms with Gasteiger partial charge < -0.3 is 9.47 Å². The number of hydrogen-bond donors (Lipinski definition) is 0. The molecule has 4 saturated carbocycles. The summed E-state index contributed by atoms with van der Waals surface area (Å²) in [6.07, 6.45) is 6.91. The number of ketones is 1. The summed E-state index contributed by atoms with van der Waals surface area (Å²) < 4.78 is 12.0. The van der Waals surface area contributed by atoms with Crippen LogP contribution in [0.15, 0.2) is 12.2 Å². The molecule has 1 spiro atoms. The molecular weight excluding hydrogens is 292 g/mol. The highest BCUT2D eigenvalue weighted by Crippen LogP contribution is 2.62. The van der Waals surface area contributed by atoms with Gasteiger partial charge in [0.15, 0.2) is 5.60 Å². The lowest BCUT2D eigenvalue weighted by Gasteiger charge is -2.62. The molecular formula is C19H26O4. The van der Waals surface area contributed by atoms with E-state index < -0.39 is 5.60 Å². The summed E-state index contributed by atoms with van der Waals surface area (Å²) in [6, 6.07) is 0. The molecule has 0 saturated heterocycles. The van der Waals surface area contributed by atoms with Crippen molar-refractivity contribution in [2.75, 3.05) is 0 Å². The Hall–Kier alpha value is -1.16. The third-order valence-electron chi connectivity index (χ3n) is 7.17. The molecule has 126 valence electrons. The van der Waals surface area contributed by atoms with Gasteiger partial charge in [0.05, 0.1) is 6.10 Å². The fourth-order valence-electron chi connectivity index (χ4n) is 5.41. The van der Waals surface area contributed by atoms with Crippen LogP contribution in [0.25, 0.3) is 0 Å². The number of esters is 1. The zero-order valence-electron chi connectivity index (χ0n) is 14.2. The molecule has 5 rings (SSSR count). The van der Waals surface area contributed by atoms with Crippen LogP contribution in [-0.2, 0) is 19.1 Å². The molecule has 23 heavy (non-hydrogen) atoms. The quantitative estimate of drug-likeness (QED) is 0.734. The summed E-state index contributed by atoms with van der Waals surface area (Å²) >= 11 is 0. The molecule has 2 bridgehead atoms. The Morgan fingerprint density at radius 3 is 2.65 bits per heavy atom. The van der Waals surface area contributed by atoms with E-state index in [2.05, 4.69) is 20.8 Å². The fourth-order valence-corrected chi connectivity index (χ4v) is 5.41. The maximum Gasteiger partial charge on any atom is 0.331 e. The number of ether oxygens (including phenoxy) is 2. The van der Waals surface area contributed by atoms with Crippen molar-refractivity contribution in [1.29, 1.82) is 0 Å². The van der Waals surface area contributed by atoms with Gasteiger partial charge in [0, 0.05) is 25.3 Å². The van der Waals surface area contributed by atoms with Crippen molar-refractivity contribution < 1.29 is 19.1 Å². The smallest absolute Gasteiger partial charge is 0.331 e. The Labute approximate surface area is 137 Å². The SMILES string of the molecule is C[C@@H]1[C@@H](O[C@@H]2CC(=O)CC[C@]23C=CC(=O)O3)C[C@@H]2C[C@H]1C2(C)C. The maximum atomic E-state index is 11.9. The minimum absolute atomic E-state index is 0.173. The van der Waals surface area contributed by atoms with Crippen LogP contribution in [0.4, 0.5) is 0 Å². The monoisotopic (exact) mass is 318 g/mol. The minimum Gasteiger partial charge on any atom is -0.449 e. The highest BCUT2D eigenvalue weighted by molar-refractivity contribution is 5.87. The van der Waals surface area contributed by atoms with Crippen LogP contribution >= 0.6 is 0 Å². The largest absolute Gasteiger partial charge is 0.449 e. The first kappa shape index (κ1) is 15.4. The van der Waals surface area contributed by atoms with Crippen molar-refractivity contribution in [2.45, 2.75) is 70.7 Å². The van der Waals surface area contributed by atoms with Crippen LogP contribution in [0.5, 0.6) is 0 Å². The molecule has 6 atom stereocenters. The van der Waals surface area contributed by atoms with Crippen LogP contribution in [0, 0.1) is 23.2 Å². The summed E-state index contributed by atoms with van der Waals surface area (Å²) in [4.78, 5) is 23.5. The predicted octanol–water partition coefficient (Wildman–Crippen LogP) is 3.05. The molecule has 4 aliphatic carbocycles. The fraction of sp³-hybridized carbons (Fsp3) is 0.789. The Kier molecular flexibility index (Phi) is 3.29. The van der Waals surface area contributed by atoms with Gasteiger partial charge in [0.1, 0.15) is 11.9 Å².